The second-order valence-corrected chi connectivity index (χ2v) is 4.81. The lowest BCUT2D eigenvalue weighted by Gasteiger charge is -2.21. The zero-order valence-corrected chi connectivity index (χ0v) is 11.6. The van der Waals surface area contributed by atoms with Crippen molar-refractivity contribution in [3.8, 4) is 17.2 Å². The summed E-state index contributed by atoms with van der Waals surface area (Å²) in [6.45, 7) is 0. The molecule has 0 unspecified atom stereocenters. The van der Waals surface area contributed by atoms with Crippen LogP contribution in [-0.4, -0.2) is 32.5 Å². The molecule has 0 heterocycles. The highest BCUT2D eigenvalue weighted by molar-refractivity contribution is 5.54. The Morgan fingerprint density at radius 3 is 2.00 bits per heavy atom. The molecule has 0 bridgehead atoms. The van der Waals surface area contributed by atoms with Crippen molar-refractivity contribution in [2.75, 3.05) is 21.3 Å². The Kier molecular flexibility index (Phi) is 4.17. The summed E-state index contributed by atoms with van der Waals surface area (Å²) in [5.41, 5.74) is 6.90. The first-order chi connectivity index (χ1) is 9.12. The summed E-state index contributed by atoms with van der Waals surface area (Å²) >= 11 is 0. The van der Waals surface area contributed by atoms with Crippen LogP contribution in [0.1, 0.15) is 24.4 Å². The molecule has 106 valence electrons. The fourth-order valence-electron chi connectivity index (χ4n) is 2.22. The number of rotatable bonds is 6. The number of aliphatic hydroxyl groups is 1. The van der Waals surface area contributed by atoms with E-state index in [2.05, 4.69) is 0 Å². The number of methoxy groups -OCH3 is 3. The highest BCUT2D eigenvalue weighted by Gasteiger charge is 2.34. The Balaban J connectivity index is 2.34. The molecule has 0 spiro atoms. The van der Waals surface area contributed by atoms with E-state index in [-0.39, 0.29) is 0 Å². The number of hydrogen-bond acceptors (Lipinski definition) is 5. The molecule has 1 fully saturated rings. The summed E-state index contributed by atoms with van der Waals surface area (Å²) < 4.78 is 15.8. The van der Waals surface area contributed by atoms with Gasteiger partial charge in [-0.2, -0.15) is 0 Å². The summed E-state index contributed by atoms with van der Waals surface area (Å²) in [5.74, 6) is 1.95. The van der Waals surface area contributed by atoms with Gasteiger partial charge in [0.25, 0.3) is 0 Å². The zero-order valence-electron chi connectivity index (χ0n) is 11.6. The summed E-state index contributed by atoms with van der Waals surface area (Å²) in [6.07, 6.45) is 1.56. The smallest absolute Gasteiger partial charge is 0.203 e. The number of aliphatic hydroxyl groups excluding tert-OH is 1. The molecule has 1 saturated carbocycles. The highest BCUT2D eigenvalue weighted by Crippen LogP contribution is 2.42. The summed E-state index contributed by atoms with van der Waals surface area (Å²) in [4.78, 5) is 0. The van der Waals surface area contributed by atoms with Gasteiger partial charge in [-0.05, 0) is 36.5 Å². The molecule has 0 radical (unpaired) electrons. The molecule has 0 aliphatic heterocycles. The van der Waals surface area contributed by atoms with E-state index in [0.29, 0.717) is 23.2 Å². The van der Waals surface area contributed by atoms with Crippen LogP contribution in [0, 0.1) is 5.92 Å². The molecule has 1 aliphatic rings. The Labute approximate surface area is 113 Å². The van der Waals surface area contributed by atoms with Crippen LogP contribution in [0.4, 0.5) is 0 Å². The first-order valence-corrected chi connectivity index (χ1v) is 6.36. The van der Waals surface area contributed by atoms with E-state index in [0.717, 1.165) is 18.4 Å². The number of nitrogens with two attached hydrogens (primary N) is 1. The number of benzene rings is 1. The minimum absolute atomic E-state index is 0.314. The second-order valence-electron chi connectivity index (χ2n) is 4.81. The largest absolute Gasteiger partial charge is 0.493 e. The maximum atomic E-state index is 10.1. The van der Waals surface area contributed by atoms with Gasteiger partial charge in [-0.25, -0.2) is 0 Å². The van der Waals surface area contributed by atoms with Gasteiger partial charge >= 0.3 is 0 Å². The van der Waals surface area contributed by atoms with E-state index in [9.17, 15) is 5.11 Å². The third-order valence-corrected chi connectivity index (χ3v) is 3.54. The predicted octanol–water partition coefficient (Wildman–Crippen LogP) is 1.48. The Morgan fingerprint density at radius 2 is 1.63 bits per heavy atom. The zero-order chi connectivity index (χ0) is 14.0. The Hall–Kier alpha value is -1.46. The molecule has 2 atom stereocenters. The number of ether oxygens (including phenoxy) is 3. The SMILES string of the molecule is COc1cc([C@H](N)[C@H](O)C2CC2)cc(OC)c1OC. The second kappa shape index (κ2) is 5.67. The van der Waals surface area contributed by atoms with Gasteiger partial charge in [-0.3, -0.25) is 0 Å². The van der Waals surface area contributed by atoms with Crippen molar-refractivity contribution in [2.24, 2.45) is 11.7 Å². The van der Waals surface area contributed by atoms with Crippen LogP contribution in [0.15, 0.2) is 12.1 Å². The van der Waals surface area contributed by atoms with E-state index in [4.69, 9.17) is 19.9 Å². The quantitative estimate of drug-likeness (QED) is 0.816. The standard InChI is InChI=1S/C14H21NO4/c1-17-10-6-9(7-11(18-2)14(10)19-3)12(15)13(16)8-4-5-8/h6-8,12-13,16H,4-5,15H2,1-3H3/t12-,13+/m0/s1. The van der Waals surface area contributed by atoms with Gasteiger partial charge in [0.15, 0.2) is 11.5 Å². The molecule has 1 aromatic rings. The summed E-state index contributed by atoms with van der Waals surface area (Å²) in [6, 6.07) is 3.14. The molecule has 1 aliphatic carbocycles. The van der Waals surface area contributed by atoms with Crippen LogP contribution in [-0.2, 0) is 0 Å². The van der Waals surface area contributed by atoms with Crippen LogP contribution >= 0.6 is 0 Å². The van der Waals surface area contributed by atoms with E-state index in [1.807, 2.05) is 0 Å². The maximum Gasteiger partial charge on any atom is 0.203 e. The topological polar surface area (TPSA) is 73.9 Å². The van der Waals surface area contributed by atoms with Crippen molar-refractivity contribution < 1.29 is 19.3 Å². The third-order valence-electron chi connectivity index (χ3n) is 3.54. The van der Waals surface area contributed by atoms with E-state index in [1.54, 1.807) is 33.5 Å². The van der Waals surface area contributed by atoms with Crippen molar-refractivity contribution in [1.82, 2.24) is 0 Å². The van der Waals surface area contributed by atoms with Crippen molar-refractivity contribution in [3.63, 3.8) is 0 Å². The van der Waals surface area contributed by atoms with Crippen LogP contribution < -0.4 is 19.9 Å². The van der Waals surface area contributed by atoms with Gasteiger partial charge in [0.05, 0.1) is 33.5 Å². The van der Waals surface area contributed by atoms with Gasteiger partial charge in [0, 0.05) is 0 Å². The average molecular weight is 267 g/mol. The van der Waals surface area contributed by atoms with Gasteiger partial charge in [0.1, 0.15) is 0 Å². The molecule has 0 amide bonds. The first kappa shape index (κ1) is 14.0. The summed E-state index contributed by atoms with van der Waals surface area (Å²) in [5, 5.41) is 10.1. The lowest BCUT2D eigenvalue weighted by atomic mass is 9.98. The van der Waals surface area contributed by atoms with Crippen LogP contribution in [0.2, 0.25) is 0 Å². The van der Waals surface area contributed by atoms with Gasteiger partial charge in [-0.15, -0.1) is 0 Å². The van der Waals surface area contributed by atoms with Gasteiger partial charge in [0.2, 0.25) is 5.75 Å². The molecule has 5 nitrogen and oxygen atoms in total. The molecule has 2 rings (SSSR count). The lowest BCUT2D eigenvalue weighted by molar-refractivity contribution is 0.122. The fourth-order valence-corrected chi connectivity index (χ4v) is 2.22. The van der Waals surface area contributed by atoms with Crippen LogP contribution in [0.5, 0.6) is 17.2 Å². The van der Waals surface area contributed by atoms with Crippen LogP contribution in [0.25, 0.3) is 0 Å². The summed E-state index contributed by atoms with van der Waals surface area (Å²) in [7, 11) is 4.67. The predicted molar refractivity (Wildman–Crippen MR) is 71.8 cm³/mol. The normalized spacial score (nSPS) is 17.7. The van der Waals surface area contributed by atoms with E-state index >= 15 is 0 Å². The van der Waals surface area contributed by atoms with Gasteiger partial charge < -0.3 is 25.1 Å². The van der Waals surface area contributed by atoms with Gasteiger partial charge in [-0.1, -0.05) is 0 Å². The maximum absolute atomic E-state index is 10.1. The molecular weight excluding hydrogens is 246 g/mol. The third kappa shape index (κ3) is 2.77. The molecule has 1 aromatic carbocycles. The minimum atomic E-state index is -0.525. The molecular formula is C14H21NO4. The van der Waals surface area contributed by atoms with E-state index < -0.39 is 12.1 Å². The molecule has 19 heavy (non-hydrogen) atoms. The number of hydrogen-bond donors (Lipinski definition) is 2. The lowest BCUT2D eigenvalue weighted by Crippen LogP contribution is -2.27. The van der Waals surface area contributed by atoms with Crippen molar-refractivity contribution >= 4 is 0 Å². The highest BCUT2D eigenvalue weighted by atomic mass is 16.5. The minimum Gasteiger partial charge on any atom is -0.493 e. The fraction of sp³-hybridized carbons (Fsp3) is 0.571. The Bertz CT molecular complexity index is 420. The van der Waals surface area contributed by atoms with E-state index in [1.165, 1.54) is 0 Å². The molecule has 5 heteroatoms. The molecule has 0 saturated heterocycles. The van der Waals surface area contributed by atoms with Crippen molar-refractivity contribution in [3.05, 3.63) is 17.7 Å². The van der Waals surface area contributed by atoms with Crippen LogP contribution in [0.3, 0.4) is 0 Å². The first-order valence-electron chi connectivity index (χ1n) is 6.36. The Morgan fingerprint density at radius 1 is 1.11 bits per heavy atom. The average Bonchev–Trinajstić information content (AvgIpc) is 3.28. The van der Waals surface area contributed by atoms with Crippen molar-refractivity contribution in [1.29, 1.82) is 0 Å². The molecule has 3 N–H and O–H groups in total. The molecule has 0 aromatic heterocycles. The monoisotopic (exact) mass is 267 g/mol. The van der Waals surface area contributed by atoms with Crippen molar-refractivity contribution in [2.45, 2.75) is 25.0 Å².